The van der Waals surface area contributed by atoms with Gasteiger partial charge in [-0.3, -0.25) is 14.9 Å². The summed E-state index contributed by atoms with van der Waals surface area (Å²) in [7, 11) is 0. The number of aryl methyl sites for hydroxylation is 1. The summed E-state index contributed by atoms with van der Waals surface area (Å²) in [5.41, 5.74) is 0.764. The van der Waals surface area contributed by atoms with Crippen molar-refractivity contribution >= 4 is 40.4 Å². The summed E-state index contributed by atoms with van der Waals surface area (Å²) in [6.07, 6.45) is 4.97. The molecule has 0 atom stereocenters. The number of thiophene rings is 1. The number of nitrogens with zero attached hydrogens (tertiary/aromatic N) is 2. The van der Waals surface area contributed by atoms with Crippen molar-refractivity contribution in [2.75, 3.05) is 5.32 Å². The molecule has 1 aliphatic heterocycles. The van der Waals surface area contributed by atoms with E-state index in [1.54, 1.807) is 17.4 Å². The van der Waals surface area contributed by atoms with Crippen LogP contribution in [0.1, 0.15) is 28.7 Å². The number of aromatic nitrogens is 1. The summed E-state index contributed by atoms with van der Waals surface area (Å²) in [5, 5.41) is 13.5. The van der Waals surface area contributed by atoms with Crippen LogP contribution in [0.4, 0.5) is 11.5 Å². The fourth-order valence-corrected chi connectivity index (χ4v) is 3.35. The third-order valence-electron chi connectivity index (χ3n) is 3.32. The number of nitro groups is 1. The molecular weight excluding hydrogens is 302 g/mol. The number of amides is 1. The highest BCUT2D eigenvalue weighted by Crippen LogP contribution is 2.34. The molecule has 2 aromatic heterocycles. The highest BCUT2D eigenvalue weighted by atomic mass is 32.1. The van der Waals surface area contributed by atoms with Crippen molar-refractivity contribution in [2.24, 2.45) is 0 Å². The zero-order chi connectivity index (χ0) is 15.7. The van der Waals surface area contributed by atoms with Crippen LogP contribution in [0.25, 0.3) is 11.6 Å². The number of pyridine rings is 1. The summed E-state index contributed by atoms with van der Waals surface area (Å²) in [5.74, 6) is 0.0839. The van der Waals surface area contributed by atoms with Gasteiger partial charge in [0.15, 0.2) is 0 Å². The first-order valence-corrected chi connectivity index (χ1v) is 7.66. The van der Waals surface area contributed by atoms with Crippen LogP contribution in [0.2, 0.25) is 0 Å². The molecule has 0 saturated carbocycles. The molecule has 0 bridgehead atoms. The number of fused-ring (bicyclic) bond motifs is 1. The largest absolute Gasteiger partial charge is 0.306 e. The second-order valence-electron chi connectivity index (χ2n) is 4.91. The van der Waals surface area contributed by atoms with Gasteiger partial charge in [-0.05, 0) is 24.6 Å². The quantitative estimate of drug-likeness (QED) is 0.531. The van der Waals surface area contributed by atoms with E-state index in [1.807, 2.05) is 12.1 Å². The Morgan fingerprint density at radius 3 is 3.00 bits per heavy atom. The second kappa shape index (κ2) is 5.69. The SMILES string of the molecule is CCCc1ccc(C=C2C(=O)Nc3ncc([N+](=O)[O-])cc32)s1. The lowest BCUT2D eigenvalue weighted by atomic mass is 10.1. The van der Waals surface area contributed by atoms with Crippen LogP contribution in [-0.4, -0.2) is 15.8 Å². The molecule has 3 rings (SSSR count). The molecule has 0 fully saturated rings. The Kier molecular flexibility index (Phi) is 3.72. The van der Waals surface area contributed by atoms with E-state index < -0.39 is 4.92 Å². The van der Waals surface area contributed by atoms with Crippen molar-refractivity contribution in [3.05, 3.63) is 49.8 Å². The van der Waals surface area contributed by atoms with E-state index in [-0.39, 0.29) is 11.6 Å². The Hall–Kier alpha value is -2.54. The van der Waals surface area contributed by atoms with Gasteiger partial charge in [0, 0.05) is 21.4 Å². The van der Waals surface area contributed by atoms with E-state index in [2.05, 4.69) is 17.2 Å². The maximum atomic E-state index is 12.1. The first-order valence-electron chi connectivity index (χ1n) is 6.85. The van der Waals surface area contributed by atoms with Gasteiger partial charge in [-0.25, -0.2) is 4.98 Å². The number of carbonyl (C=O) groups excluding carboxylic acids is 1. The van der Waals surface area contributed by atoms with E-state index in [0.717, 1.165) is 23.9 Å². The third kappa shape index (κ3) is 2.62. The fourth-order valence-electron chi connectivity index (χ4n) is 2.29. The molecule has 3 heterocycles. The Labute approximate surface area is 130 Å². The number of hydrogen-bond donors (Lipinski definition) is 1. The van der Waals surface area contributed by atoms with Crippen molar-refractivity contribution in [3.8, 4) is 0 Å². The fraction of sp³-hybridized carbons (Fsp3) is 0.200. The first-order chi connectivity index (χ1) is 10.6. The molecule has 0 radical (unpaired) electrons. The smallest absolute Gasteiger partial charge is 0.288 e. The average Bonchev–Trinajstić information content (AvgIpc) is 3.04. The second-order valence-corrected chi connectivity index (χ2v) is 6.11. The molecule has 0 unspecified atom stereocenters. The zero-order valence-electron chi connectivity index (χ0n) is 11.8. The molecule has 7 heteroatoms. The van der Waals surface area contributed by atoms with Crippen LogP contribution >= 0.6 is 11.3 Å². The number of anilines is 1. The first kappa shape index (κ1) is 14.4. The molecule has 0 aliphatic carbocycles. The molecular formula is C15H13N3O3S. The van der Waals surface area contributed by atoms with Crippen LogP contribution in [-0.2, 0) is 11.2 Å². The van der Waals surface area contributed by atoms with Gasteiger partial charge in [0.25, 0.3) is 11.6 Å². The number of hydrogen-bond acceptors (Lipinski definition) is 5. The standard InChI is InChI=1S/C15H13N3O3S/c1-2-3-10-4-5-11(22-10)7-13-12-6-9(18(20)21)8-16-14(12)17-15(13)19/h4-8H,2-3H2,1H3,(H,16,17,19). The van der Waals surface area contributed by atoms with Gasteiger partial charge in [0.05, 0.1) is 10.5 Å². The normalized spacial score (nSPS) is 15.0. The van der Waals surface area contributed by atoms with Crippen molar-refractivity contribution in [1.82, 2.24) is 4.98 Å². The summed E-state index contributed by atoms with van der Waals surface area (Å²) in [6, 6.07) is 5.38. The van der Waals surface area contributed by atoms with E-state index in [4.69, 9.17) is 0 Å². The van der Waals surface area contributed by atoms with Gasteiger partial charge in [-0.15, -0.1) is 11.3 Å². The van der Waals surface area contributed by atoms with Gasteiger partial charge in [0.2, 0.25) is 0 Å². The van der Waals surface area contributed by atoms with Crippen molar-refractivity contribution in [3.63, 3.8) is 0 Å². The number of rotatable bonds is 4. The molecule has 1 N–H and O–H groups in total. The Balaban J connectivity index is 2.00. The van der Waals surface area contributed by atoms with Gasteiger partial charge >= 0.3 is 0 Å². The van der Waals surface area contributed by atoms with Crippen LogP contribution in [0.15, 0.2) is 24.4 Å². The maximum absolute atomic E-state index is 12.1. The minimum atomic E-state index is -0.516. The summed E-state index contributed by atoms with van der Waals surface area (Å²) in [4.78, 5) is 28.6. The molecule has 22 heavy (non-hydrogen) atoms. The molecule has 1 aliphatic rings. The van der Waals surface area contributed by atoms with Gasteiger partial charge in [0.1, 0.15) is 12.0 Å². The Morgan fingerprint density at radius 2 is 2.27 bits per heavy atom. The predicted molar refractivity (Wildman–Crippen MR) is 85.7 cm³/mol. The van der Waals surface area contributed by atoms with Crippen molar-refractivity contribution < 1.29 is 9.72 Å². The maximum Gasteiger partial charge on any atom is 0.288 e. The topological polar surface area (TPSA) is 85.1 Å². The van der Waals surface area contributed by atoms with Gasteiger partial charge in [-0.2, -0.15) is 0 Å². The van der Waals surface area contributed by atoms with Crippen LogP contribution in [0, 0.1) is 10.1 Å². The summed E-state index contributed by atoms with van der Waals surface area (Å²) < 4.78 is 0. The van der Waals surface area contributed by atoms with Gasteiger partial charge in [-0.1, -0.05) is 13.3 Å². The minimum Gasteiger partial charge on any atom is -0.306 e. The number of carbonyl (C=O) groups is 1. The van der Waals surface area contributed by atoms with Crippen LogP contribution in [0.3, 0.4) is 0 Å². The summed E-state index contributed by atoms with van der Waals surface area (Å²) >= 11 is 1.62. The minimum absolute atomic E-state index is 0.126. The molecule has 0 spiro atoms. The molecule has 0 saturated heterocycles. The van der Waals surface area contributed by atoms with Crippen molar-refractivity contribution in [2.45, 2.75) is 19.8 Å². The van der Waals surface area contributed by atoms with E-state index in [0.29, 0.717) is 17.0 Å². The predicted octanol–water partition coefficient (Wildman–Crippen LogP) is 3.50. The lowest BCUT2D eigenvalue weighted by Gasteiger charge is -1.97. The molecule has 2 aromatic rings. The Bertz CT molecular complexity index is 795. The van der Waals surface area contributed by atoms with E-state index in [1.165, 1.54) is 10.9 Å². The van der Waals surface area contributed by atoms with E-state index >= 15 is 0 Å². The molecule has 1 amide bonds. The zero-order valence-corrected chi connectivity index (χ0v) is 12.6. The lowest BCUT2D eigenvalue weighted by Crippen LogP contribution is -2.04. The van der Waals surface area contributed by atoms with Crippen LogP contribution < -0.4 is 5.32 Å². The molecule has 0 aromatic carbocycles. The van der Waals surface area contributed by atoms with Crippen LogP contribution in [0.5, 0.6) is 0 Å². The van der Waals surface area contributed by atoms with Crippen molar-refractivity contribution in [1.29, 1.82) is 0 Å². The summed E-state index contributed by atoms with van der Waals surface area (Å²) in [6.45, 7) is 2.11. The Morgan fingerprint density at radius 1 is 1.45 bits per heavy atom. The average molecular weight is 315 g/mol. The highest BCUT2D eigenvalue weighted by molar-refractivity contribution is 7.13. The number of nitrogens with one attached hydrogen (secondary N) is 1. The van der Waals surface area contributed by atoms with E-state index in [9.17, 15) is 14.9 Å². The molecule has 6 nitrogen and oxygen atoms in total. The van der Waals surface area contributed by atoms with Gasteiger partial charge < -0.3 is 5.32 Å². The molecule has 112 valence electrons. The third-order valence-corrected chi connectivity index (χ3v) is 4.41. The lowest BCUT2D eigenvalue weighted by molar-refractivity contribution is -0.385. The monoisotopic (exact) mass is 315 g/mol. The highest BCUT2D eigenvalue weighted by Gasteiger charge is 2.27.